The molecule has 0 aromatic heterocycles. The lowest BCUT2D eigenvalue weighted by atomic mass is 10.0. The molecule has 0 aliphatic carbocycles. The highest BCUT2D eigenvalue weighted by molar-refractivity contribution is 6.02. The number of carbonyl (C=O) groups is 2. The first-order valence-corrected chi connectivity index (χ1v) is 7.97. The third-order valence-corrected chi connectivity index (χ3v) is 3.61. The van der Waals surface area contributed by atoms with Crippen LogP contribution in [0.4, 0.5) is 0 Å². The van der Waals surface area contributed by atoms with Gasteiger partial charge in [-0.25, -0.2) is 0 Å². The maximum absolute atomic E-state index is 12.1. The summed E-state index contributed by atoms with van der Waals surface area (Å²) in [6.07, 6.45) is 1.02. The largest absolute Gasteiger partial charge is 0.396 e. The van der Waals surface area contributed by atoms with E-state index in [1.54, 1.807) is 24.3 Å². The van der Waals surface area contributed by atoms with Crippen molar-refractivity contribution < 1.29 is 19.8 Å². The molecule has 6 heteroatoms. The zero-order chi connectivity index (χ0) is 17.4. The van der Waals surface area contributed by atoms with E-state index in [1.165, 1.54) is 0 Å². The fourth-order valence-electron chi connectivity index (χ4n) is 2.30. The van der Waals surface area contributed by atoms with Gasteiger partial charge in [0.15, 0.2) is 0 Å². The van der Waals surface area contributed by atoms with E-state index in [4.69, 9.17) is 10.2 Å². The lowest BCUT2D eigenvalue weighted by Crippen LogP contribution is -2.25. The van der Waals surface area contributed by atoms with Gasteiger partial charge in [-0.1, -0.05) is 12.1 Å². The van der Waals surface area contributed by atoms with E-state index in [2.05, 4.69) is 10.6 Å². The number of amides is 2. The van der Waals surface area contributed by atoms with Gasteiger partial charge in [-0.2, -0.15) is 0 Å². The number of aliphatic hydroxyl groups excluding tert-OH is 2. The number of carbonyl (C=O) groups excluding carboxylic acids is 2. The average Bonchev–Trinajstić information content (AvgIpc) is 2.61. The Hall–Kier alpha value is -2.44. The van der Waals surface area contributed by atoms with Crippen LogP contribution in [0.1, 0.15) is 33.6 Å². The summed E-state index contributed by atoms with van der Waals surface area (Å²) in [5.41, 5.74) is 1.02. The minimum absolute atomic E-state index is 0.0345. The molecule has 0 atom stereocenters. The average molecular weight is 330 g/mol. The number of aliphatic hydroxyl groups is 2. The normalized spacial score (nSPS) is 10.6. The van der Waals surface area contributed by atoms with E-state index in [-0.39, 0.29) is 25.0 Å². The number of hydrogen-bond donors (Lipinski definition) is 4. The van der Waals surface area contributed by atoms with Crippen molar-refractivity contribution in [1.82, 2.24) is 10.6 Å². The van der Waals surface area contributed by atoms with Crippen LogP contribution in [0.5, 0.6) is 0 Å². The molecule has 2 aromatic rings. The van der Waals surface area contributed by atoms with Crippen LogP contribution in [-0.4, -0.2) is 48.3 Å². The molecule has 6 nitrogen and oxygen atoms in total. The van der Waals surface area contributed by atoms with Crippen molar-refractivity contribution in [3.8, 4) is 0 Å². The zero-order valence-electron chi connectivity index (χ0n) is 13.4. The van der Waals surface area contributed by atoms with Gasteiger partial charge in [-0.05, 0) is 47.9 Å². The van der Waals surface area contributed by atoms with Crippen molar-refractivity contribution in [3.63, 3.8) is 0 Å². The van der Waals surface area contributed by atoms with Gasteiger partial charge in [0.25, 0.3) is 11.8 Å². The molecule has 0 aliphatic rings. The lowest BCUT2D eigenvalue weighted by molar-refractivity contribution is 0.0943. The third-order valence-electron chi connectivity index (χ3n) is 3.61. The fourth-order valence-corrected chi connectivity index (χ4v) is 2.30. The summed E-state index contributed by atoms with van der Waals surface area (Å²) in [6, 6.07) is 10.6. The van der Waals surface area contributed by atoms with Crippen LogP contribution >= 0.6 is 0 Å². The molecule has 128 valence electrons. The summed E-state index contributed by atoms with van der Waals surface area (Å²) >= 11 is 0. The molecule has 0 fully saturated rings. The summed E-state index contributed by atoms with van der Waals surface area (Å²) in [4.78, 5) is 24.1. The smallest absolute Gasteiger partial charge is 0.251 e. The highest BCUT2D eigenvalue weighted by atomic mass is 16.3. The number of benzene rings is 2. The molecule has 0 heterocycles. The van der Waals surface area contributed by atoms with Crippen LogP contribution < -0.4 is 10.6 Å². The molecule has 2 rings (SSSR count). The fraction of sp³-hybridized carbons (Fsp3) is 0.333. The number of rotatable bonds is 8. The van der Waals surface area contributed by atoms with Crippen LogP contribution in [0.15, 0.2) is 36.4 Å². The Labute approximate surface area is 140 Å². The molecule has 0 spiro atoms. The zero-order valence-corrected chi connectivity index (χ0v) is 13.4. The predicted molar refractivity (Wildman–Crippen MR) is 92.0 cm³/mol. The lowest BCUT2D eigenvalue weighted by Gasteiger charge is -2.08. The minimum atomic E-state index is -0.205. The molecule has 0 saturated heterocycles. The van der Waals surface area contributed by atoms with Crippen molar-refractivity contribution in [1.29, 1.82) is 0 Å². The molecule has 0 radical (unpaired) electrons. The Kier molecular flexibility index (Phi) is 6.72. The van der Waals surface area contributed by atoms with Crippen molar-refractivity contribution in [3.05, 3.63) is 47.5 Å². The van der Waals surface area contributed by atoms with Crippen molar-refractivity contribution >= 4 is 22.6 Å². The second-order valence-corrected chi connectivity index (χ2v) is 5.44. The van der Waals surface area contributed by atoms with E-state index < -0.39 is 0 Å². The van der Waals surface area contributed by atoms with Crippen molar-refractivity contribution in [2.24, 2.45) is 0 Å². The van der Waals surface area contributed by atoms with E-state index >= 15 is 0 Å². The van der Waals surface area contributed by atoms with Gasteiger partial charge < -0.3 is 20.8 Å². The molecular formula is C18H22N2O4. The quantitative estimate of drug-likeness (QED) is 0.544. The Morgan fingerprint density at radius 2 is 1.21 bits per heavy atom. The molecule has 4 N–H and O–H groups in total. The van der Waals surface area contributed by atoms with Gasteiger partial charge in [0.05, 0.1) is 0 Å². The van der Waals surface area contributed by atoms with E-state index in [0.717, 1.165) is 10.8 Å². The number of fused-ring (bicyclic) bond motifs is 1. The predicted octanol–water partition coefficient (Wildman–Crippen LogP) is 1.06. The molecular weight excluding hydrogens is 308 g/mol. The van der Waals surface area contributed by atoms with Gasteiger partial charge in [0.2, 0.25) is 0 Å². The van der Waals surface area contributed by atoms with Gasteiger partial charge in [0, 0.05) is 37.4 Å². The Morgan fingerprint density at radius 1 is 0.750 bits per heavy atom. The molecule has 0 saturated carbocycles. The standard InChI is InChI=1S/C18H22N2O4/c21-9-1-7-19-17(23)14-5-3-13-4-6-15(12-16(13)11-14)18(24)20-8-2-10-22/h3-6,11-12,21-22H,1-2,7-10H2,(H,19,23)(H,20,24). The van der Waals surface area contributed by atoms with Crippen molar-refractivity contribution in [2.75, 3.05) is 26.3 Å². The highest BCUT2D eigenvalue weighted by Crippen LogP contribution is 2.18. The first-order chi connectivity index (χ1) is 11.7. The van der Waals surface area contributed by atoms with Crippen LogP contribution in [-0.2, 0) is 0 Å². The third kappa shape index (κ3) is 4.78. The van der Waals surface area contributed by atoms with Crippen LogP contribution in [0.2, 0.25) is 0 Å². The SMILES string of the molecule is O=C(NCCCO)c1ccc2ccc(C(=O)NCCCO)cc2c1. The summed E-state index contributed by atoms with van der Waals surface area (Å²) in [5, 5.41) is 24.7. The summed E-state index contributed by atoms with van der Waals surface area (Å²) < 4.78 is 0. The minimum Gasteiger partial charge on any atom is -0.396 e. The Morgan fingerprint density at radius 3 is 1.62 bits per heavy atom. The maximum Gasteiger partial charge on any atom is 0.251 e. The molecule has 0 aliphatic heterocycles. The Balaban J connectivity index is 2.14. The monoisotopic (exact) mass is 330 g/mol. The maximum atomic E-state index is 12.1. The van der Waals surface area contributed by atoms with E-state index in [9.17, 15) is 9.59 Å². The molecule has 2 amide bonds. The molecule has 2 aromatic carbocycles. The van der Waals surface area contributed by atoms with Gasteiger partial charge in [-0.3, -0.25) is 9.59 Å². The van der Waals surface area contributed by atoms with Gasteiger partial charge in [0.1, 0.15) is 0 Å². The topological polar surface area (TPSA) is 98.7 Å². The van der Waals surface area contributed by atoms with Crippen molar-refractivity contribution in [2.45, 2.75) is 12.8 Å². The second kappa shape index (κ2) is 9.00. The number of nitrogens with one attached hydrogen (secondary N) is 2. The first-order valence-electron chi connectivity index (χ1n) is 7.97. The second-order valence-electron chi connectivity index (χ2n) is 5.44. The number of hydrogen-bond acceptors (Lipinski definition) is 4. The van der Waals surface area contributed by atoms with E-state index in [1.807, 2.05) is 12.1 Å². The molecule has 24 heavy (non-hydrogen) atoms. The van der Waals surface area contributed by atoms with Crippen LogP contribution in [0.3, 0.4) is 0 Å². The summed E-state index contributed by atoms with van der Waals surface area (Å²) in [5.74, 6) is -0.411. The molecule has 0 bridgehead atoms. The summed E-state index contributed by atoms with van der Waals surface area (Å²) in [7, 11) is 0. The van der Waals surface area contributed by atoms with Gasteiger partial charge in [-0.15, -0.1) is 0 Å². The summed E-state index contributed by atoms with van der Waals surface area (Å²) in [6.45, 7) is 0.904. The van der Waals surface area contributed by atoms with E-state index in [0.29, 0.717) is 37.1 Å². The first kappa shape index (κ1) is 17.9. The Bertz CT molecular complexity index is 658. The van der Waals surface area contributed by atoms with Gasteiger partial charge >= 0.3 is 0 Å². The highest BCUT2D eigenvalue weighted by Gasteiger charge is 2.09. The van der Waals surface area contributed by atoms with Crippen LogP contribution in [0, 0.1) is 0 Å². The molecule has 0 unspecified atom stereocenters. The van der Waals surface area contributed by atoms with Crippen LogP contribution in [0.25, 0.3) is 10.8 Å².